The molecule has 2 unspecified atom stereocenters. The van der Waals surface area contributed by atoms with Gasteiger partial charge in [-0.2, -0.15) is 11.8 Å². The number of nitrogens with zero attached hydrogens (tertiary/aromatic N) is 4. The second-order valence-electron chi connectivity index (χ2n) is 18.9. The van der Waals surface area contributed by atoms with Crippen molar-refractivity contribution in [1.82, 2.24) is 41.5 Å². The van der Waals surface area contributed by atoms with Crippen molar-refractivity contribution < 1.29 is 47.7 Å². The number of unbranched alkanes of at least 4 members (excludes halogenated alkanes) is 1. The van der Waals surface area contributed by atoms with Gasteiger partial charge in [0.2, 0.25) is 17.7 Å². The van der Waals surface area contributed by atoms with Crippen LogP contribution in [0.25, 0.3) is 0 Å². The zero-order valence-corrected chi connectivity index (χ0v) is 43.3. The van der Waals surface area contributed by atoms with E-state index in [0.717, 1.165) is 82.0 Å². The number of aromatic nitrogens is 2. The number of carbonyl (C=O) groups excluding carboxylic acids is 5. The minimum Gasteiger partial charge on any atom is -0.465 e. The number of rotatable bonds is 26. The number of urea groups is 1. The van der Waals surface area contributed by atoms with Crippen LogP contribution in [-0.4, -0.2) is 167 Å². The highest BCUT2D eigenvalue weighted by Gasteiger charge is 2.45. The highest BCUT2D eigenvalue weighted by Crippen LogP contribution is 2.44. The zero-order valence-electron chi connectivity index (χ0n) is 42.5. The molecule has 71 heavy (non-hydrogen) atoms. The summed E-state index contributed by atoms with van der Waals surface area (Å²) in [6, 6.07) is 8.17. The summed E-state index contributed by atoms with van der Waals surface area (Å²) in [5.74, 6) is 3.64. The summed E-state index contributed by atoms with van der Waals surface area (Å²) in [5, 5.41) is 14.5. The predicted octanol–water partition coefficient (Wildman–Crippen LogP) is 5.23. The van der Waals surface area contributed by atoms with Crippen molar-refractivity contribution in [3.8, 4) is 11.5 Å². The highest BCUT2D eigenvalue weighted by molar-refractivity contribution is 7.99. The van der Waals surface area contributed by atoms with Gasteiger partial charge in [-0.1, -0.05) is 44.7 Å². The van der Waals surface area contributed by atoms with Gasteiger partial charge in [0, 0.05) is 81.6 Å². The molecule has 396 valence electrons. The molecule has 5 heterocycles. The fourth-order valence-electron chi connectivity index (χ4n) is 8.93. The van der Waals surface area contributed by atoms with Gasteiger partial charge in [0.25, 0.3) is 0 Å². The Balaban J connectivity index is 0.000000227. The Hall–Kier alpha value is -4.76. The van der Waals surface area contributed by atoms with Crippen LogP contribution in [-0.2, 0) is 33.3 Å². The van der Waals surface area contributed by atoms with Crippen LogP contribution in [0.15, 0.2) is 36.8 Å². The van der Waals surface area contributed by atoms with E-state index < -0.39 is 5.97 Å². The molecule has 19 nitrogen and oxygen atoms in total. The van der Waals surface area contributed by atoms with E-state index in [0.29, 0.717) is 119 Å². The number of nitrogens with one attached hydrogen (secondary N) is 5. The van der Waals surface area contributed by atoms with Gasteiger partial charge in [0.05, 0.1) is 51.8 Å². The molecule has 20 heteroatoms. The van der Waals surface area contributed by atoms with E-state index in [1.165, 1.54) is 45.5 Å². The lowest BCUT2D eigenvalue weighted by Crippen LogP contribution is -2.60. The van der Waals surface area contributed by atoms with Gasteiger partial charge in [-0.25, -0.2) is 19.6 Å². The van der Waals surface area contributed by atoms with E-state index in [1.807, 2.05) is 17.8 Å². The fraction of sp³-hybridized carbons (Fsp3) is 0.706. The summed E-state index contributed by atoms with van der Waals surface area (Å²) in [6.07, 6.45) is 16.9. The number of carbonyl (C=O) groups is 5. The molecule has 1 aromatic carbocycles. The number of piperidine rings is 1. The minimum atomic E-state index is -0.432. The van der Waals surface area contributed by atoms with Crippen molar-refractivity contribution in [3.63, 3.8) is 0 Å². The lowest BCUT2D eigenvalue weighted by molar-refractivity contribution is -0.123. The van der Waals surface area contributed by atoms with E-state index in [-0.39, 0.29) is 23.8 Å². The van der Waals surface area contributed by atoms with Gasteiger partial charge in [0.1, 0.15) is 17.6 Å². The first-order valence-corrected chi connectivity index (χ1v) is 27.0. The molecule has 5 N–H and O–H groups in total. The smallest absolute Gasteiger partial charge is 0.341 e. The number of ether oxygens (including phenoxy) is 5. The Bertz CT molecular complexity index is 1900. The molecule has 7 rings (SSSR count). The predicted molar refractivity (Wildman–Crippen MR) is 274 cm³/mol. The number of likely N-dealkylation sites (tertiary alicyclic amines) is 1. The average Bonchev–Trinajstić information content (AvgIpc) is 3.96. The first-order valence-electron chi connectivity index (χ1n) is 25.9. The number of hydrogen-bond acceptors (Lipinski definition) is 15. The van der Waals surface area contributed by atoms with E-state index in [1.54, 1.807) is 24.4 Å². The number of fused-ring (bicyclic) bond motifs is 1. The highest BCUT2D eigenvalue weighted by atomic mass is 32.2. The molecule has 1 saturated carbocycles. The van der Waals surface area contributed by atoms with Gasteiger partial charge >= 0.3 is 12.0 Å². The normalized spacial score (nSPS) is 19.1. The van der Waals surface area contributed by atoms with E-state index >= 15 is 0 Å². The van der Waals surface area contributed by atoms with Gasteiger partial charge < -0.3 is 60.1 Å². The van der Waals surface area contributed by atoms with Crippen molar-refractivity contribution >= 4 is 47.3 Å². The molecule has 5 amide bonds. The standard InChI is InChI=1S/C26H49N3O6.C20H24N4O3.C5H8N2OS/c1-2-3-12-24(30)27-15-8-17-33-19-21-35-22-20-34-18-9-16-28-25(31)13-7-14-26(32)29-23-10-5-4-6-11-23;1-23-9-7-20(8-10-23)12-24(13-20)18-17(11-21-14-22-18)27-16-6-4-3-5-15(16)19(25)26-2;8-5-6-3-1-9-2-4(3)7-5/h23H,2-22H2,1H3,(H,27,30)(H,28,31)(H,29,32);3-6,11,14H,7-10,12-13H2,1-2H3;3-4H,1-2H2,(H2,6,7,8). The molecule has 4 aliphatic heterocycles. The van der Waals surface area contributed by atoms with Crippen molar-refractivity contribution in [2.45, 2.75) is 121 Å². The molecular weight excluding hydrogens is 931 g/mol. The molecule has 1 aliphatic carbocycles. The first kappa shape index (κ1) is 57.1. The molecule has 2 atom stereocenters. The Morgan fingerprint density at radius 3 is 1.99 bits per heavy atom. The Morgan fingerprint density at radius 2 is 1.37 bits per heavy atom. The number of para-hydroxylation sites is 1. The second-order valence-corrected chi connectivity index (χ2v) is 20.0. The van der Waals surface area contributed by atoms with Crippen molar-refractivity contribution in [2.75, 3.05) is 109 Å². The van der Waals surface area contributed by atoms with Crippen LogP contribution in [0, 0.1) is 5.41 Å². The van der Waals surface area contributed by atoms with Gasteiger partial charge in [-0.05, 0) is 83.6 Å². The summed E-state index contributed by atoms with van der Waals surface area (Å²) in [4.78, 5) is 71.1. The maximum atomic E-state index is 12.0. The van der Waals surface area contributed by atoms with E-state index in [2.05, 4.69) is 60.3 Å². The summed E-state index contributed by atoms with van der Waals surface area (Å²) >= 11 is 1.89. The number of benzene rings is 1. The lowest BCUT2D eigenvalue weighted by Gasteiger charge is -2.54. The largest absolute Gasteiger partial charge is 0.465 e. The summed E-state index contributed by atoms with van der Waals surface area (Å²) in [7, 11) is 3.54. The molecule has 5 aliphatic rings. The summed E-state index contributed by atoms with van der Waals surface area (Å²) in [6.45, 7) is 10.8. The van der Waals surface area contributed by atoms with E-state index in [4.69, 9.17) is 23.7 Å². The Labute approximate surface area is 425 Å². The Morgan fingerprint density at radius 1 is 0.775 bits per heavy atom. The third-order valence-electron chi connectivity index (χ3n) is 13.1. The average molecular weight is 1010 g/mol. The molecule has 0 bridgehead atoms. The number of amides is 5. The minimum absolute atomic E-state index is 0.00491. The maximum Gasteiger partial charge on any atom is 0.341 e. The third kappa shape index (κ3) is 21.1. The van der Waals surface area contributed by atoms with Crippen LogP contribution < -0.4 is 36.2 Å². The molecule has 1 spiro atoms. The van der Waals surface area contributed by atoms with Crippen molar-refractivity contribution in [3.05, 3.63) is 42.4 Å². The van der Waals surface area contributed by atoms with Crippen molar-refractivity contribution in [2.24, 2.45) is 5.41 Å². The first-order chi connectivity index (χ1) is 34.6. The van der Waals surface area contributed by atoms with Gasteiger partial charge in [0.15, 0.2) is 11.6 Å². The molecule has 2 aromatic rings. The third-order valence-corrected chi connectivity index (χ3v) is 14.3. The van der Waals surface area contributed by atoms with Crippen LogP contribution in [0.3, 0.4) is 0 Å². The van der Waals surface area contributed by atoms with Crippen LogP contribution in [0.5, 0.6) is 11.5 Å². The number of esters is 1. The van der Waals surface area contributed by atoms with Crippen LogP contribution >= 0.6 is 11.8 Å². The van der Waals surface area contributed by atoms with Crippen LogP contribution in [0.4, 0.5) is 10.6 Å². The SMILES string of the molecule is CCCCC(=O)NCCCOCCOCCOCCCNC(=O)CCCC(=O)NC1CCCCC1.COC(=O)c1ccccc1Oc1cncnc1N1CC2(CCN(C)CC2)C1.O=C1NC2CSCC2N1. The second kappa shape index (κ2) is 32.3. The van der Waals surface area contributed by atoms with Gasteiger partial charge in [-0.3, -0.25) is 14.4 Å². The zero-order chi connectivity index (χ0) is 50.5. The summed E-state index contributed by atoms with van der Waals surface area (Å²) in [5.41, 5.74) is 0.767. The quantitative estimate of drug-likeness (QED) is 0.0463. The molecule has 0 radical (unpaired) electrons. The van der Waals surface area contributed by atoms with Gasteiger partial charge in [-0.15, -0.1) is 0 Å². The summed E-state index contributed by atoms with van der Waals surface area (Å²) < 4.78 is 27.3. The number of anilines is 1. The van der Waals surface area contributed by atoms with E-state index in [9.17, 15) is 24.0 Å². The van der Waals surface area contributed by atoms with Crippen LogP contribution in [0.1, 0.15) is 114 Å². The lowest BCUT2D eigenvalue weighted by atomic mass is 9.72. The fourth-order valence-corrected chi connectivity index (χ4v) is 10.2. The molecule has 1 aromatic heterocycles. The number of hydrogen-bond donors (Lipinski definition) is 5. The maximum absolute atomic E-state index is 12.0. The molecule has 4 saturated heterocycles. The molecule has 5 fully saturated rings. The number of methoxy groups -OCH3 is 1. The topological polar surface area (TPSA) is 224 Å². The number of thioether (sulfide) groups is 1. The molecular formula is C51H81N9O10S. The van der Waals surface area contributed by atoms with Crippen LogP contribution in [0.2, 0.25) is 0 Å². The monoisotopic (exact) mass is 1010 g/mol. The Kier molecular flexibility index (Phi) is 26.0. The van der Waals surface area contributed by atoms with Crippen molar-refractivity contribution in [1.29, 1.82) is 0 Å².